The molecule has 0 rings (SSSR count). The van der Waals surface area contributed by atoms with Crippen molar-refractivity contribution in [2.45, 2.75) is 78.2 Å². The quantitative estimate of drug-likeness (QED) is 0.305. The van der Waals surface area contributed by atoms with Crippen LogP contribution in [0, 0.1) is 0 Å². The van der Waals surface area contributed by atoms with Crippen LogP contribution in [0.5, 0.6) is 0 Å². The third-order valence-corrected chi connectivity index (χ3v) is 5.77. The number of hydrogen-bond acceptors (Lipinski definition) is 6. The van der Waals surface area contributed by atoms with Gasteiger partial charge in [-0.15, -0.1) is 0 Å². The minimum atomic E-state index is -3.24. The van der Waals surface area contributed by atoms with Crippen molar-refractivity contribution in [3.63, 3.8) is 0 Å². The maximum atomic E-state index is 6.13. The highest BCUT2D eigenvalue weighted by Crippen LogP contribution is 2.24. The Morgan fingerprint density at radius 3 is 1.17 bits per heavy atom. The zero-order valence-electron chi connectivity index (χ0n) is 16.2. The van der Waals surface area contributed by atoms with Crippen molar-refractivity contribution in [2.75, 3.05) is 21.3 Å². The van der Waals surface area contributed by atoms with Gasteiger partial charge >= 0.3 is 8.80 Å². The Kier molecular flexibility index (Phi) is 13.8. The molecule has 24 heavy (non-hydrogen) atoms. The molecular formula is C17H36O6Si. The van der Waals surface area contributed by atoms with Crippen LogP contribution in [0.3, 0.4) is 0 Å². The van der Waals surface area contributed by atoms with Gasteiger partial charge in [0.2, 0.25) is 0 Å². The van der Waals surface area contributed by atoms with Gasteiger partial charge in [0.05, 0.1) is 0 Å². The van der Waals surface area contributed by atoms with Crippen molar-refractivity contribution >= 4 is 8.80 Å². The first kappa shape index (κ1) is 23.7. The molecule has 0 bridgehead atoms. The summed E-state index contributed by atoms with van der Waals surface area (Å²) in [5.74, 6) is 0. The van der Waals surface area contributed by atoms with E-state index in [-0.39, 0.29) is 0 Å². The van der Waals surface area contributed by atoms with E-state index in [1.165, 1.54) is 0 Å². The molecule has 0 aromatic heterocycles. The number of hydrogen-bond donors (Lipinski definition) is 0. The van der Waals surface area contributed by atoms with E-state index < -0.39 is 27.7 Å². The maximum absolute atomic E-state index is 6.13. The molecular weight excluding hydrogens is 328 g/mol. The van der Waals surface area contributed by atoms with Gasteiger partial charge in [-0.05, 0) is 25.0 Å². The molecule has 0 aliphatic carbocycles. The van der Waals surface area contributed by atoms with Crippen LogP contribution in [0.2, 0.25) is 0 Å². The standard InChI is InChI=1S/C17H36O6Si/c1-8-12-15(18-5)21-24(11-4,22-16(19-6)13-9-2)23-17(20-7)14-10-3/h11,15-17H,4,8-10,12-14H2,1-3,5-7H3. The molecule has 7 heteroatoms. The first-order valence-electron chi connectivity index (χ1n) is 8.79. The monoisotopic (exact) mass is 364 g/mol. The van der Waals surface area contributed by atoms with Gasteiger partial charge in [0, 0.05) is 21.3 Å². The van der Waals surface area contributed by atoms with Gasteiger partial charge in [-0.3, -0.25) is 0 Å². The average molecular weight is 365 g/mol. The van der Waals surface area contributed by atoms with Crippen LogP contribution in [0.15, 0.2) is 12.3 Å². The normalized spacial score (nSPS) is 17.9. The highest BCUT2D eigenvalue weighted by atomic mass is 28.4. The summed E-state index contributed by atoms with van der Waals surface area (Å²) in [6.07, 6.45) is 3.73. The molecule has 0 saturated carbocycles. The third-order valence-electron chi connectivity index (χ3n) is 3.50. The van der Waals surface area contributed by atoms with E-state index >= 15 is 0 Å². The molecule has 0 saturated heterocycles. The van der Waals surface area contributed by atoms with Crippen molar-refractivity contribution in [1.29, 1.82) is 0 Å². The molecule has 0 aliphatic heterocycles. The minimum Gasteiger partial charge on any atom is -0.357 e. The second-order valence-electron chi connectivity index (χ2n) is 5.52. The number of methoxy groups -OCH3 is 3. The predicted octanol–water partition coefficient (Wildman–Crippen LogP) is 4.02. The zero-order valence-corrected chi connectivity index (χ0v) is 17.2. The van der Waals surface area contributed by atoms with E-state index in [1.54, 1.807) is 27.0 Å². The van der Waals surface area contributed by atoms with Gasteiger partial charge in [0.15, 0.2) is 18.9 Å². The zero-order chi connectivity index (χ0) is 18.4. The first-order valence-corrected chi connectivity index (χ1v) is 10.6. The summed E-state index contributed by atoms with van der Waals surface area (Å²) in [5.41, 5.74) is 1.62. The predicted molar refractivity (Wildman–Crippen MR) is 96.3 cm³/mol. The molecule has 3 unspecified atom stereocenters. The smallest absolute Gasteiger partial charge is 0.357 e. The largest absolute Gasteiger partial charge is 0.534 e. The summed E-state index contributed by atoms with van der Waals surface area (Å²) >= 11 is 0. The lowest BCUT2D eigenvalue weighted by atomic mass is 10.3. The minimum absolute atomic E-state index is 0.419. The summed E-state index contributed by atoms with van der Waals surface area (Å²) in [6.45, 7) is 10.1. The van der Waals surface area contributed by atoms with E-state index in [1.807, 2.05) is 0 Å². The Bertz CT molecular complexity index is 275. The van der Waals surface area contributed by atoms with Crippen molar-refractivity contribution < 1.29 is 27.5 Å². The third kappa shape index (κ3) is 8.71. The van der Waals surface area contributed by atoms with Crippen molar-refractivity contribution in [3.8, 4) is 0 Å². The second-order valence-corrected chi connectivity index (χ2v) is 7.85. The fourth-order valence-corrected chi connectivity index (χ4v) is 4.36. The lowest BCUT2D eigenvalue weighted by Crippen LogP contribution is -2.52. The van der Waals surface area contributed by atoms with Gasteiger partial charge in [-0.25, -0.2) is 0 Å². The molecule has 0 fully saturated rings. The number of rotatable bonds is 16. The van der Waals surface area contributed by atoms with Crippen LogP contribution in [-0.4, -0.2) is 49.0 Å². The number of ether oxygens (including phenoxy) is 3. The Morgan fingerprint density at radius 1 is 0.708 bits per heavy atom. The van der Waals surface area contributed by atoms with Gasteiger partial charge < -0.3 is 27.5 Å². The van der Waals surface area contributed by atoms with Gasteiger partial charge in [-0.2, -0.15) is 0 Å². The lowest BCUT2D eigenvalue weighted by Gasteiger charge is -2.35. The van der Waals surface area contributed by atoms with Gasteiger partial charge in [0.1, 0.15) is 0 Å². The van der Waals surface area contributed by atoms with Crippen molar-refractivity contribution in [2.24, 2.45) is 0 Å². The van der Waals surface area contributed by atoms with Crippen LogP contribution < -0.4 is 0 Å². The van der Waals surface area contributed by atoms with Crippen LogP contribution in [0.25, 0.3) is 0 Å². The molecule has 6 nitrogen and oxygen atoms in total. The molecule has 0 radical (unpaired) electrons. The molecule has 3 atom stereocenters. The maximum Gasteiger partial charge on any atom is 0.534 e. The highest BCUT2D eigenvalue weighted by Gasteiger charge is 2.45. The Morgan fingerprint density at radius 2 is 1.00 bits per heavy atom. The molecule has 0 spiro atoms. The molecule has 0 amide bonds. The summed E-state index contributed by atoms with van der Waals surface area (Å²) in [4.78, 5) is 0. The van der Waals surface area contributed by atoms with Gasteiger partial charge in [0.25, 0.3) is 0 Å². The molecule has 0 aromatic carbocycles. The summed E-state index contributed by atoms with van der Waals surface area (Å²) in [7, 11) is 1.60. The first-order chi connectivity index (χ1) is 11.5. The van der Waals surface area contributed by atoms with E-state index in [4.69, 9.17) is 27.5 Å². The van der Waals surface area contributed by atoms with E-state index in [0.717, 1.165) is 38.5 Å². The fraction of sp³-hybridized carbons (Fsp3) is 0.882. The summed E-state index contributed by atoms with van der Waals surface area (Å²) < 4.78 is 34.6. The Balaban J connectivity index is 5.34. The fourth-order valence-electron chi connectivity index (χ4n) is 2.16. The van der Waals surface area contributed by atoms with Crippen LogP contribution in [-0.2, 0) is 27.5 Å². The van der Waals surface area contributed by atoms with E-state index in [2.05, 4.69) is 27.4 Å². The molecule has 0 aliphatic rings. The van der Waals surface area contributed by atoms with Crippen LogP contribution in [0.1, 0.15) is 59.3 Å². The van der Waals surface area contributed by atoms with Gasteiger partial charge in [-0.1, -0.05) is 46.6 Å². The topological polar surface area (TPSA) is 55.4 Å². The summed E-state index contributed by atoms with van der Waals surface area (Å²) in [5, 5.41) is 0. The van der Waals surface area contributed by atoms with E-state index in [0.29, 0.717) is 0 Å². The summed E-state index contributed by atoms with van der Waals surface area (Å²) in [6, 6.07) is 0. The van der Waals surface area contributed by atoms with Crippen LogP contribution in [0.4, 0.5) is 0 Å². The highest BCUT2D eigenvalue weighted by molar-refractivity contribution is 6.66. The van der Waals surface area contributed by atoms with Crippen molar-refractivity contribution in [3.05, 3.63) is 12.3 Å². The van der Waals surface area contributed by atoms with E-state index in [9.17, 15) is 0 Å². The molecule has 0 aromatic rings. The Labute approximate surface area is 148 Å². The molecule has 0 heterocycles. The average Bonchev–Trinajstić information content (AvgIpc) is 2.60. The lowest BCUT2D eigenvalue weighted by molar-refractivity contribution is -0.173. The molecule has 0 N–H and O–H groups in total. The Hall–Kier alpha value is -0.283. The second kappa shape index (κ2) is 13.9. The molecule has 144 valence electrons. The van der Waals surface area contributed by atoms with Crippen LogP contribution >= 0.6 is 0 Å². The SMILES string of the molecule is C=C[Si](OC(CCC)OC)(OC(CCC)OC)OC(CCC)OC. The van der Waals surface area contributed by atoms with Crippen molar-refractivity contribution in [1.82, 2.24) is 0 Å².